The Morgan fingerprint density at radius 3 is 2.53 bits per heavy atom. The smallest absolute Gasteiger partial charge is 0.418 e. The molecule has 3 atom stereocenters. The van der Waals surface area contributed by atoms with Crippen LogP contribution in [-0.4, -0.2) is 63.0 Å². The van der Waals surface area contributed by atoms with Crippen LogP contribution in [0.1, 0.15) is 38.9 Å². The van der Waals surface area contributed by atoms with Crippen molar-refractivity contribution in [3.8, 4) is 10.6 Å². The fourth-order valence-corrected chi connectivity index (χ4v) is 6.26. The van der Waals surface area contributed by atoms with Crippen molar-refractivity contribution in [2.75, 3.05) is 18.0 Å². The molecule has 3 aromatic rings. The number of amides is 1. The third-order valence-corrected chi connectivity index (χ3v) is 7.87. The number of nitrogens with zero attached hydrogens (tertiary/aromatic N) is 4. The highest BCUT2D eigenvalue weighted by molar-refractivity contribution is 7.22. The van der Waals surface area contributed by atoms with Gasteiger partial charge in [-0.1, -0.05) is 17.4 Å². The zero-order valence-electron chi connectivity index (χ0n) is 18.7. The van der Waals surface area contributed by atoms with Gasteiger partial charge in [-0.2, -0.15) is 13.2 Å². The lowest BCUT2D eigenvalue weighted by Gasteiger charge is -2.55. The molecule has 0 radical (unpaired) electrons. The summed E-state index contributed by atoms with van der Waals surface area (Å²) in [6.07, 6.45) is -5.27. The van der Waals surface area contributed by atoms with E-state index < -0.39 is 17.9 Å². The largest absolute Gasteiger partial charge is 0.444 e. The molecule has 1 amide bonds. The van der Waals surface area contributed by atoms with Crippen LogP contribution in [0.3, 0.4) is 0 Å². The number of anilines is 1. The van der Waals surface area contributed by atoms with E-state index in [0.717, 1.165) is 17.8 Å². The molecule has 2 aromatic heterocycles. The van der Waals surface area contributed by atoms with Gasteiger partial charge in [-0.3, -0.25) is 4.90 Å². The molecule has 3 saturated heterocycles. The van der Waals surface area contributed by atoms with Crippen molar-refractivity contribution in [1.29, 1.82) is 0 Å². The fraction of sp³-hybridized carbons (Fsp3) is 0.500. The normalized spacial score (nSPS) is 21.5. The van der Waals surface area contributed by atoms with E-state index in [0.29, 0.717) is 34.3 Å². The third kappa shape index (κ3) is 4.11. The van der Waals surface area contributed by atoms with E-state index in [4.69, 9.17) is 9.72 Å². The highest BCUT2D eigenvalue weighted by atomic mass is 32.1. The van der Waals surface area contributed by atoms with Crippen LogP contribution in [0.5, 0.6) is 0 Å². The molecule has 5 heterocycles. The Hall–Kier alpha value is -2.44. The van der Waals surface area contributed by atoms with Crippen LogP contribution in [0.2, 0.25) is 0 Å². The SMILES string of the molecule is CC(C)(C)OC(=O)N1C2CC1CN(c1nc3c(-c4nccs4)ccc(C(O)C(F)(F)F)c3s1)C2. The van der Waals surface area contributed by atoms with Crippen molar-refractivity contribution < 1.29 is 27.8 Å². The van der Waals surface area contributed by atoms with Crippen LogP contribution in [0.4, 0.5) is 23.1 Å². The fourth-order valence-electron chi connectivity index (χ4n) is 4.45. The van der Waals surface area contributed by atoms with Gasteiger partial charge in [0.15, 0.2) is 11.2 Å². The van der Waals surface area contributed by atoms with Crippen LogP contribution in [-0.2, 0) is 4.74 Å². The van der Waals surface area contributed by atoms with Gasteiger partial charge in [0.05, 0.1) is 22.3 Å². The number of ether oxygens (including phenoxy) is 1. The maximum atomic E-state index is 13.4. The van der Waals surface area contributed by atoms with E-state index in [1.165, 1.54) is 23.5 Å². The average Bonchev–Trinajstić information content (AvgIpc) is 3.40. The van der Waals surface area contributed by atoms with Crippen LogP contribution in [0, 0.1) is 0 Å². The molecular weight excluding hydrogens is 489 g/mol. The van der Waals surface area contributed by atoms with Crippen molar-refractivity contribution in [1.82, 2.24) is 14.9 Å². The molecule has 3 unspecified atom stereocenters. The van der Waals surface area contributed by atoms with E-state index in [2.05, 4.69) is 4.98 Å². The predicted molar refractivity (Wildman–Crippen MR) is 124 cm³/mol. The number of piperidine rings is 1. The molecule has 1 aromatic carbocycles. The first kappa shape index (κ1) is 23.3. The summed E-state index contributed by atoms with van der Waals surface area (Å²) < 4.78 is 45.9. The van der Waals surface area contributed by atoms with Gasteiger partial charge in [0.2, 0.25) is 0 Å². The molecule has 3 aliphatic rings. The number of fused-ring (bicyclic) bond motifs is 3. The Morgan fingerprint density at radius 1 is 1.24 bits per heavy atom. The van der Waals surface area contributed by atoms with E-state index in [1.54, 1.807) is 16.5 Å². The lowest BCUT2D eigenvalue weighted by molar-refractivity contribution is -0.206. The molecule has 3 aliphatic heterocycles. The Morgan fingerprint density at radius 2 is 1.94 bits per heavy atom. The summed E-state index contributed by atoms with van der Waals surface area (Å²) in [5, 5.41) is 13.0. The molecule has 2 bridgehead atoms. The number of thiazole rings is 2. The monoisotopic (exact) mass is 512 g/mol. The minimum absolute atomic E-state index is 0.0423. The lowest BCUT2D eigenvalue weighted by atomic mass is 9.88. The molecule has 0 saturated carbocycles. The predicted octanol–water partition coefficient (Wildman–Crippen LogP) is 5.21. The Bertz CT molecular complexity index is 1210. The number of carbonyl (C=O) groups is 1. The number of benzene rings is 1. The molecule has 7 nitrogen and oxygen atoms in total. The molecule has 6 rings (SSSR count). The summed E-state index contributed by atoms with van der Waals surface area (Å²) in [5.41, 5.74) is 0.210. The van der Waals surface area contributed by atoms with Crippen LogP contribution < -0.4 is 4.90 Å². The molecule has 3 fully saturated rings. The summed E-state index contributed by atoms with van der Waals surface area (Å²) in [7, 11) is 0. The molecule has 0 spiro atoms. The van der Waals surface area contributed by atoms with Crippen molar-refractivity contribution in [2.24, 2.45) is 0 Å². The summed E-state index contributed by atoms with van der Waals surface area (Å²) in [6, 6.07) is 2.75. The third-order valence-electron chi connectivity index (χ3n) is 5.90. The zero-order chi connectivity index (χ0) is 24.4. The number of carbonyl (C=O) groups excluding carboxylic acids is 1. The van der Waals surface area contributed by atoms with Crippen molar-refractivity contribution in [2.45, 2.75) is 57.2 Å². The Balaban J connectivity index is 1.47. The summed E-state index contributed by atoms with van der Waals surface area (Å²) >= 11 is 2.49. The van der Waals surface area contributed by atoms with Gasteiger partial charge in [0, 0.05) is 35.8 Å². The van der Waals surface area contributed by atoms with Gasteiger partial charge < -0.3 is 14.7 Å². The summed E-state index contributed by atoms with van der Waals surface area (Å²) in [5.74, 6) is 0. The Labute approximate surface area is 201 Å². The maximum absolute atomic E-state index is 13.4. The lowest BCUT2D eigenvalue weighted by Crippen LogP contribution is -2.70. The molecule has 1 N–H and O–H groups in total. The second kappa shape index (κ2) is 8.06. The van der Waals surface area contributed by atoms with Gasteiger partial charge in [-0.15, -0.1) is 11.3 Å². The number of piperazine rings is 1. The van der Waals surface area contributed by atoms with Crippen molar-refractivity contribution in [3.05, 3.63) is 29.3 Å². The highest BCUT2D eigenvalue weighted by Crippen LogP contribution is 2.45. The second-order valence-electron chi connectivity index (χ2n) is 9.49. The number of hydrogen-bond acceptors (Lipinski definition) is 8. The zero-order valence-corrected chi connectivity index (χ0v) is 20.3. The minimum atomic E-state index is -4.79. The van der Waals surface area contributed by atoms with E-state index in [-0.39, 0.29) is 28.4 Å². The number of rotatable bonds is 3. The quantitative estimate of drug-likeness (QED) is 0.519. The number of aliphatic hydroxyl groups is 1. The van der Waals surface area contributed by atoms with Crippen molar-refractivity contribution >= 4 is 44.1 Å². The van der Waals surface area contributed by atoms with E-state index >= 15 is 0 Å². The van der Waals surface area contributed by atoms with Crippen LogP contribution in [0.15, 0.2) is 23.7 Å². The molecule has 182 valence electrons. The molecule has 12 heteroatoms. The first-order chi connectivity index (χ1) is 15.9. The van der Waals surface area contributed by atoms with Gasteiger partial charge in [0.25, 0.3) is 0 Å². The maximum Gasteiger partial charge on any atom is 0.418 e. The molecule has 34 heavy (non-hydrogen) atoms. The average molecular weight is 513 g/mol. The number of halogens is 3. The van der Waals surface area contributed by atoms with Crippen LogP contribution >= 0.6 is 22.7 Å². The topological polar surface area (TPSA) is 78.8 Å². The van der Waals surface area contributed by atoms with E-state index in [1.807, 2.05) is 25.7 Å². The number of aromatic nitrogens is 2. The second-order valence-corrected chi connectivity index (χ2v) is 11.4. The van der Waals surface area contributed by atoms with Crippen molar-refractivity contribution in [3.63, 3.8) is 0 Å². The first-order valence-corrected chi connectivity index (χ1v) is 12.5. The van der Waals surface area contributed by atoms with Crippen LogP contribution in [0.25, 0.3) is 20.8 Å². The standard InChI is InChI=1S/C22H23F3N4O3S2/c1-21(2,3)32-20(31)29-11-8-12(29)10-28(9-11)19-27-15-13(18-26-6-7-33-18)4-5-14(16(15)34-19)17(30)22(23,24)25/h4-7,11-12,17,30H,8-10H2,1-3H3. The Kier molecular flexibility index (Phi) is 5.53. The number of alkyl halides is 3. The molecular formula is C22H23F3N4O3S2. The molecule has 0 aliphatic carbocycles. The van der Waals surface area contributed by atoms with E-state index in [9.17, 15) is 23.1 Å². The number of hydrogen-bond donors (Lipinski definition) is 1. The highest BCUT2D eigenvalue weighted by Gasteiger charge is 2.49. The first-order valence-electron chi connectivity index (χ1n) is 10.8. The summed E-state index contributed by atoms with van der Waals surface area (Å²) in [4.78, 5) is 25.3. The van der Waals surface area contributed by atoms with Gasteiger partial charge >= 0.3 is 12.3 Å². The van der Waals surface area contributed by atoms with Gasteiger partial charge in [-0.25, -0.2) is 14.8 Å². The summed E-state index contributed by atoms with van der Waals surface area (Å²) in [6.45, 7) is 6.49. The number of aliphatic hydroxyl groups excluding tert-OH is 1. The minimum Gasteiger partial charge on any atom is -0.444 e. The van der Waals surface area contributed by atoms with Gasteiger partial charge in [0.1, 0.15) is 10.6 Å². The van der Waals surface area contributed by atoms with Gasteiger partial charge in [-0.05, 0) is 33.3 Å².